The number of rotatable bonds is 5. The molecule has 1 fully saturated rings. The van der Waals surface area contributed by atoms with Gasteiger partial charge in [-0.3, -0.25) is 4.79 Å². The molecule has 1 aromatic carbocycles. The minimum absolute atomic E-state index is 0.0298. The third-order valence-electron chi connectivity index (χ3n) is 5.44. The van der Waals surface area contributed by atoms with Crippen LogP contribution in [0.1, 0.15) is 39.9 Å². The predicted octanol–water partition coefficient (Wildman–Crippen LogP) is 4.45. The number of aryl methyl sites for hydroxylation is 2. The van der Waals surface area contributed by atoms with Gasteiger partial charge >= 0.3 is 0 Å². The molecule has 1 unspecified atom stereocenters. The van der Waals surface area contributed by atoms with E-state index < -0.39 is 0 Å². The fraction of sp³-hybridized carbons (Fsp3) is 0.364. The summed E-state index contributed by atoms with van der Waals surface area (Å²) in [5.41, 5.74) is 3.64. The van der Waals surface area contributed by atoms with E-state index in [4.69, 9.17) is 9.47 Å². The van der Waals surface area contributed by atoms with E-state index in [0.717, 1.165) is 41.2 Å². The van der Waals surface area contributed by atoms with Crippen LogP contribution in [0.2, 0.25) is 0 Å². The molecule has 0 N–H and O–H groups in total. The second-order valence-electron chi connectivity index (χ2n) is 7.25. The van der Waals surface area contributed by atoms with E-state index in [2.05, 4.69) is 4.98 Å². The minimum Gasteiger partial charge on any atom is -0.493 e. The molecule has 1 aliphatic rings. The summed E-state index contributed by atoms with van der Waals surface area (Å²) in [6.07, 6.45) is 3.89. The van der Waals surface area contributed by atoms with Crippen LogP contribution in [0.25, 0.3) is 11.3 Å². The highest BCUT2D eigenvalue weighted by atomic mass is 32.1. The lowest BCUT2D eigenvalue weighted by Crippen LogP contribution is -2.31. The quantitative estimate of drug-likeness (QED) is 0.622. The number of aromatic nitrogens is 2. The Hall–Kier alpha value is -2.80. The van der Waals surface area contributed by atoms with Crippen molar-refractivity contribution in [3.05, 3.63) is 52.1 Å². The summed E-state index contributed by atoms with van der Waals surface area (Å²) in [7, 11) is 5.17. The lowest BCUT2D eigenvalue weighted by molar-refractivity contribution is 0.0726. The van der Waals surface area contributed by atoms with Gasteiger partial charge in [0.1, 0.15) is 5.69 Å². The average Bonchev–Trinajstić information content (AvgIpc) is 3.46. The van der Waals surface area contributed by atoms with E-state index in [1.807, 2.05) is 59.3 Å². The van der Waals surface area contributed by atoms with Crippen LogP contribution in [0.4, 0.5) is 0 Å². The van der Waals surface area contributed by atoms with Gasteiger partial charge in [-0.05, 0) is 43.5 Å². The van der Waals surface area contributed by atoms with Crippen LogP contribution >= 0.6 is 11.3 Å². The molecule has 1 saturated heterocycles. The van der Waals surface area contributed by atoms with Crippen molar-refractivity contribution in [3.8, 4) is 22.8 Å². The van der Waals surface area contributed by atoms with Crippen LogP contribution in [0.5, 0.6) is 11.5 Å². The number of likely N-dealkylation sites (tertiary alicyclic amines) is 1. The van der Waals surface area contributed by atoms with Crippen LogP contribution < -0.4 is 9.47 Å². The van der Waals surface area contributed by atoms with Crippen LogP contribution in [0.3, 0.4) is 0 Å². The molecular formula is C22H25N3O3S. The highest BCUT2D eigenvalue weighted by Crippen LogP contribution is 2.38. The molecule has 3 aromatic rings. The van der Waals surface area contributed by atoms with Crippen molar-refractivity contribution in [1.29, 1.82) is 0 Å². The number of carbonyl (C=O) groups is 1. The van der Waals surface area contributed by atoms with Crippen molar-refractivity contribution in [2.24, 2.45) is 7.05 Å². The molecule has 7 heteroatoms. The standard InChI is InChI=1S/C22H25N3O3S/c1-14-23-17(13-29-14)16-10-19(24(2)12-16)22(26)25-9-5-6-18(25)15-7-8-20(27-3)21(11-15)28-4/h7-8,10-13,18H,5-6,9H2,1-4H3. The first-order chi connectivity index (χ1) is 14.0. The number of amides is 1. The molecule has 0 aliphatic carbocycles. The molecule has 0 bridgehead atoms. The summed E-state index contributed by atoms with van der Waals surface area (Å²) in [6, 6.07) is 7.87. The maximum Gasteiger partial charge on any atom is 0.271 e. The topological polar surface area (TPSA) is 56.6 Å². The molecule has 1 atom stereocenters. The molecule has 29 heavy (non-hydrogen) atoms. The molecule has 2 aromatic heterocycles. The van der Waals surface area contributed by atoms with Gasteiger partial charge in [0.05, 0.1) is 31.0 Å². The first-order valence-electron chi connectivity index (χ1n) is 9.63. The fourth-order valence-electron chi connectivity index (χ4n) is 3.98. The van der Waals surface area contributed by atoms with Crippen molar-refractivity contribution >= 4 is 17.2 Å². The van der Waals surface area contributed by atoms with Gasteiger partial charge in [-0.15, -0.1) is 11.3 Å². The molecule has 1 aliphatic heterocycles. The molecule has 6 nitrogen and oxygen atoms in total. The number of carbonyl (C=O) groups excluding carboxylic acids is 1. The van der Waals surface area contributed by atoms with Crippen molar-refractivity contribution in [2.45, 2.75) is 25.8 Å². The number of hydrogen-bond donors (Lipinski definition) is 0. The normalized spacial score (nSPS) is 16.3. The Kier molecular flexibility index (Phi) is 5.32. The number of hydrogen-bond acceptors (Lipinski definition) is 5. The van der Waals surface area contributed by atoms with Gasteiger partial charge < -0.3 is 18.9 Å². The Balaban J connectivity index is 1.62. The van der Waals surface area contributed by atoms with Gasteiger partial charge in [-0.1, -0.05) is 6.07 Å². The Labute approximate surface area is 174 Å². The summed E-state index contributed by atoms with van der Waals surface area (Å²) in [5, 5.41) is 3.05. The zero-order valence-electron chi connectivity index (χ0n) is 17.1. The third-order valence-corrected chi connectivity index (χ3v) is 6.22. The maximum absolute atomic E-state index is 13.4. The number of methoxy groups -OCH3 is 2. The molecule has 152 valence electrons. The van der Waals surface area contributed by atoms with Crippen molar-refractivity contribution < 1.29 is 14.3 Å². The van der Waals surface area contributed by atoms with E-state index in [9.17, 15) is 4.79 Å². The van der Waals surface area contributed by atoms with Crippen LogP contribution in [-0.2, 0) is 7.05 Å². The van der Waals surface area contributed by atoms with Gasteiger partial charge in [0.15, 0.2) is 11.5 Å². The second kappa shape index (κ2) is 7.91. The Bertz CT molecular complexity index is 1040. The van der Waals surface area contributed by atoms with Gasteiger partial charge in [0.25, 0.3) is 5.91 Å². The maximum atomic E-state index is 13.4. The highest BCUT2D eigenvalue weighted by molar-refractivity contribution is 7.09. The van der Waals surface area contributed by atoms with Crippen LogP contribution in [0.15, 0.2) is 35.8 Å². The lowest BCUT2D eigenvalue weighted by atomic mass is 10.0. The van der Waals surface area contributed by atoms with Gasteiger partial charge in [0, 0.05) is 30.7 Å². The molecule has 1 amide bonds. The largest absolute Gasteiger partial charge is 0.493 e. The summed E-state index contributed by atoms with van der Waals surface area (Å²) < 4.78 is 12.7. The van der Waals surface area contributed by atoms with E-state index >= 15 is 0 Å². The second-order valence-corrected chi connectivity index (χ2v) is 8.31. The Morgan fingerprint density at radius 2 is 2.00 bits per heavy atom. The van der Waals surface area contributed by atoms with Gasteiger partial charge in [0.2, 0.25) is 0 Å². The summed E-state index contributed by atoms with van der Waals surface area (Å²) in [6.45, 7) is 2.73. The lowest BCUT2D eigenvalue weighted by Gasteiger charge is -2.26. The fourth-order valence-corrected chi connectivity index (χ4v) is 4.60. The minimum atomic E-state index is 0.0298. The summed E-state index contributed by atoms with van der Waals surface area (Å²) >= 11 is 1.61. The van der Waals surface area contributed by atoms with Gasteiger partial charge in [-0.25, -0.2) is 4.98 Å². The molecule has 3 heterocycles. The van der Waals surface area contributed by atoms with Crippen molar-refractivity contribution in [3.63, 3.8) is 0 Å². The van der Waals surface area contributed by atoms with E-state index in [1.165, 1.54) is 0 Å². The average molecular weight is 412 g/mol. The number of thiazole rings is 1. The van der Waals surface area contributed by atoms with E-state index in [0.29, 0.717) is 17.2 Å². The molecule has 0 saturated carbocycles. The zero-order chi connectivity index (χ0) is 20.5. The van der Waals surface area contributed by atoms with Gasteiger partial charge in [-0.2, -0.15) is 0 Å². The summed E-state index contributed by atoms with van der Waals surface area (Å²) in [4.78, 5) is 19.9. The first-order valence-corrected chi connectivity index (χ1v) is 10.5. The Morgan fingerprint density at radius 1 is 1.21 bits per heavy atom. The zero-order valence-corrected chi connectivity index (χ0v) is 18.0. The predicted molar refractivity (Wildman–Crippen MR) is 114 cm³/mol. The summed E-state index contributed by atoms with van der Waals surface area (Å²) in [5.74, 6) is 1.42. The van der Waals surface area contributed by atoms with Crippen LogP contribution in [-0.4, -0.2) is 41.1 Å². The first kappa shape index (κ1) is 19.5. The number of ether oxygens (including phenoxy) is 2. The highest BCUT2D eigenvalue weighted by Gasteiger charge is 2.32. The molecule has 0 spiro atoms. The third kappa shape index (κ3) is 3.62. The smallest absolute Gasteiger partial charge is 0.271 e. The van der Waals surface area contributed by atoms with E-state index in [-0.39, 0.29) is 11.9 Å². The van der Waals surface area contributed by atoms with E-state index in [1.54, 1.807) is 25.6 Å². The molecule has 0 radical (unpaired) electrons. The van der Waals surface area contributed by atoms with Crippen LogP contribution in [0, 0.1) is 6.92 Å². The SMILES string of the molecule is COc1ccc(C2CCCN2C(=O)c2cc(-c3csc(C)n3)cn2C)cc1OC. The van der Waals surface area contributed by atoms with Crippen molar-refractivity contribution in [1.82, 2.24) is 14.5 Å². The van der Waals surface area contributed by atoms with Crippen molar-refractivity contribution in [2.75, 3.05) is 20.8 Å². The Morgan fingerprint density at radius 3 is 2.69 bits per heavy atom. The monoisotopic (exact) mass is 411 g/mol. The molecular weight excluding hydrogens is 386 g/mol. The number of benzene rings is 1. The molecule has 4 rings (SSSR count). The number of nitrogens with zero attached hydrogens (tertiary/aromatic N) is 3.